The van der Waals surface area contributed by atoms with Crippen LogP contribution in [0.1, 0.15) is 5.56 Å². The van der Waals surface area contributed by atoms with Gasteiger partial charge in [-0.1, -0.05) is 24.3 Å². The minimum absolute atomic E-state index is 0.426. The van der Waals surface area contributed by atoms with E-state index in [1.807, 2.05) is 0 Å². The van der Waals surface area contributed by atoms with E-state index in [1.54, 1.807) is 0 Å². The molecule has 0 spiro atoms. The van der Waals surface area contributed by atoms with Gasteiger partial charge >= 0.3 is 0 Å². The Balaban J connectivity index is 2.13. The number of hydrogen-bond acceptors (Lipinski definition) is 2. The standard InChI is InChI=1S/C11H12N2/c1-2-4-10-9(3-1)5-6-11-12-7-8-13(10)11/h1-6,11-12H,7-8H2. The summed E-state index contributed by atoms with van der Waals surface area (Å²) < 4.78 is 0. The van der Waals surface area contributed by atoms with E-state index in [9.17, 15) is 0 Å². The van der Waals surface area contributed by atoms with E-state index in [0.29, 0.717) is 6.17 Å². The lowest BCUT2D eigenvalue weighted by Gasteiger charge is -2.28. The Morgan fingerprint density at radius 3 is 3.23 bits per heavy atom. The second kappa shape index (κ2) is 2.60. The van der Waals surface area contributed by atoms with Gasteiger partial charge in [-0.2, -0.15) is 0 Å². The maximum Gasteiger partial charge on any atom is 0.0991 e. The van der Waals surface area contributed by atoms with Crippen LogP contribution in [0.2, 0.25) is 0 Å². The van der Waals surface area contributed by atoms with E-state index < -0.39 is 0 Å². The van der Waals surface area contributed by atoms with Crippen LogP contribution in [0.15, 0.2) is 30.3 Å². The summed E-state index contributed by atoms with van der Waals surface area (Å²) >= 11 is 0. The maximum absolute atomic E-state index is 3.44. The van der Waals surface area contributed by atoms with Gasteiger partial charge in [0.05, 0.1) is 6.17 Å². The first-order valence-electron chi connectivity index (χ1n) is 4.72. The molecule has 1 fully saturated rings. The van der Waals surface area contributed by atoms with E-state index in [2.05, 4.69) is 46.6 Å². The quantitative estimate of drug-likeness (QED) is 0.637. The zero-order chi connectivity index (χ0) is 8.67. The van der Waals surface area contributed by atoms with Gasteiger partial charge in [0.25, 0.3) is 0 Å². The fourth-order valence-electron chi connectivity index (χ4n) is 2.11. The number of anilines is 1. The van der Waals surface area contributed by atoms with Gasteiger partial charge in [0.1, 0.15) is 0 Å². The van der Waals surface area contributed by atoms with Crippen LogP contribution in [0.4, 0.5) is 5.69 Å². The summed E-state index contributed by atoms with van der Waals surface area (Å²) in [5.74, 6) is 0. The average molecular weight is 172 g/mol. The second-order valence-electron chi connectivity index (χ2n) is 3.51. The number of nitrogens with one attached hydrogen (secondary N) is 1. The highest BCUT2D eigenvalue weighted by molar-refractivity contribution is 5.72. The second-order valence-corrected chi connectivity index (χ2v) is 3.51. The summed E-state index contributed by atoms with van der Waals surface area (Å²) in [6.07, 6.45) is 4.86. The molecule has 0 radical (unpaired) electrons. The Kier molecular flexibility index (Phi) is 1.43. The molecule has 66 valence electrons. The van der Waals surface area contributed by atoms with Gasteiger partial charge in [-0.3, -0.25) is 5.32 Å². The molecule has 2 aliphatic heterocycles. The molecule has 1 saturated heterocycles. The van der Waals surface area contributed by atoms with E-state index in [0.717, 1.165) is 13.1 Å². The lowest BCUT2D eigenvalue weighted by atomic mass is 10.1. The highest BCUT2D eigenvalue weighted by atomic mass is 15.3. The van der Waals surface area contributed by atoms with Crippen LogP contribution < -0.4 is 10.2 Å². The summed E-state index contributed by atoms with van der Waals surface area (Å²) in [6, 6.07) is 8.56. The molecule has 1 atom stereocenters. The van der Waals surface area contributed by atoms with E-state index in [-0.39, 0.29) is 0 Å². The Morgan fingerprint density at radius 1 is 1.31 bits per heavy atom. The summed E-state index contributed by atoms with van der Waals surface area (Å²) in [5.41, 5.74) is 2.70. The normalized spacial score (nSPS) is 24.3. The van der Waals surface area contributed by atoms with Crippen LogP contribution in [0.25, 0.3) is 6.08 Å². The lowest BCUT2D eigenvalue weighted by molar-refractivity contribution is 0.720. The van der Waals surface area contributed by atoms with E-state index in [4.69, 9.17) is 0 Å². The van der Waals surface area contributed by atoms with Gasteiger partial charge in [0, 0.05) is 18.8 Å². The van der Waals surface area contributed by atoms with Gasteiger partial charge in [0.15, 0.2) is 0 Å². The van der Waals surface area contributed by atoms with Crippen molar-refractivity contribution in [3.63, 3.8) is 0 Å². The molecule has 0 aliphatic carbocycles. The first-order valence-corrected chi connectivity index (χ1v) is 4.72. The topological polar surface area (TPSA) is 15.3 Å². The molecule has 0 bridgehead atoms. The monoisotopic (exact) mass is 172 g/mol. The molecule has 2 aliphatic rings. The highest BCUT2D eigenvalue weighted by Crippen LogP contribution is 2.28. The smallest absolute Gasteiger partial charge is 0.0991 e. The Labute approximate surface area is 77.9 Å². The van der Waals surface area contributed by atoms with Crippen molar-refractivity contribution in [3.05, 3.63) is 35.9 Å². The number of benzene rings is 1. The van der Waals surface area contributed by atoms with Crippen molar-refractivity contribution in [1.29, 1.82) is 0 Å². The van der Waals surface area contributed by atoms with Crippen LogP contribution in [0, 0.1) is 0 Å². The molecule has 2 nitrogen and oxygen atoms in total. The molecular formula is C11H12N2. The molecule has 0 amide bonds. The van der Waals surface area contributed by atoms with Crippen LogP contribution >= 0.6 is 0 Å². The molecular weight excluding hydrogens is 160 g/mol. The first-order chi connectivity index (χ1) is 6.45. The fourth-order valence-corrected chi connectivity index (χ4v) is 2.11. The Morgan fingerprint density at radius 2 is 2.23 bits per heavy atom. The third-order valence-corrected chi connectivity index (χ3v) is 2.75. The van der Waals surface area contributed by atoms with Crippen molar-refractivity contribution in [2.45, 2.75) is 6.17 Å². The van der Waals surface area contributed by atoms with Crippen LogP contribution in [0.3, 0.4) is 0 Å². The van der Waals surface area contributed by atoms with Crippen molar-refractivity contribution in [3.8, 4) is 0 Å². The predicted molar refractivity (Wildman–Crippen MR) is 54.6 cm³/mol. The molecule has 1 aromatic carbocycles. The summed E-state index contributed by atoms with van der Waals surface area (Å²) in [7, 11) is 0. The van der Waals surface area contributed by atoms with Gasteiger partial charge in [-0.15, -0.1) is 0 Å². The Hall–Kier alpha value is -1.28. The van der Waals surface area contributed by atoms with Gasteiger partial charge < -0.3 is 4.90 Å². The molecule has 1 aromatic rings. The first kappa shape index (κ1) is 7.15. The molecule has 1 unspecified atom stereocenters. The fraction of sp³-hybridized carbons (Fsp3) is 0.273. The minimum atomic E-state index is 0.426. The van der Waals surface area contributed by atoms with Gasteiger partial charge in [0.2, 0.25) is 0 Å². The van der Waals surface area contributed by atoms with Crippen molar-refractivity contribution in [2.75, 3.05) is 18.0 Å². The molecule has 3 rings (SSSR count). The summed E-state index contributed by atoms with van der Waals surface area (Å²) in [5, 5.41) is 3.44. The van der Waals surface area contributed by atoms with E-state index >= 15 is 0 Å². The average Bonchev–Trinajstić information content (AvgIpc) is 2.65. The minimum Gasteiger partial charge on any atom is -0.351 e. The van der Waals surface area contributed by atoms with Gasteiger partial charge in [-0.05, 0) is 17.7 Å². The molecule has 0 saturated carbocycles. The van der Waals surface area contributed by atoms with Crippen LogP contribution in [-0.2, 0) is 0 Å². The zero-order valence-electron chi connectivity index (χ0n) is 7.40. The number of para-hydroxylation sites is 1. The van der Waals surface area contributed by atoms with Crippen molar-refractivity contribution < 1.29 is 0 Å². The SMILES string of the molecule is C1=CC2NCCN2c2ccccc21. The third kappa shape index (κ3) is 0.988. The maximum atomic E-state index is 3.44. The largest absolute Gasteiger partial charge is 0.351 e. The van der Waals surface area contributed by atoms with Crippen LogP contribution in [-0.4, -0.2) is 19.3 Å². The lowest BCUT2D eigenvalue weighted by Crippen LogP contribution is -2.35. The van der Waals surface area contributed by atoms with Crippen molar-refractivity contribution in [2.24, 2.45) is 0 Å². The molecule has 1 N–H and O–H groups in total. The summed E-state index contributed by atoms with van der Waals surface area (Å²) in [4.78, 5) is 2.41. The third-order valence-electron chi connectivity index (χ3n) is 2.75. The molecule has 13 heavy (non-hydrogen) atoms. The molecule has 2 heteroatoms. The molecule has 2 heterocycles. The predicted octanol–water partition coefficient (Wildman–Crippen LogP) is 1.45. The van der Waals surface area contributed by atoms with Crippen LogP contribution in [0.5, 0.6) is 0 Å². The molecule has 0 aromatic heterocycles. The van der Waals surface area contributed by atoms with Crippen molar-refractivity contribution in [1.82, 2.24) is 5.32 Å². The number of hydrogen-bond donors (Lipinski definition) is 1. The zero-order valence-corrected chi connectivity index (χ0v) is 7.40. The number of nitrogens with zero attached hydrogens (tertiary/aromatic N) is 1. The number of rotatable bonds is 0. The number of fused-ring (bicyclic) bond motifs is 3. The Bertz CT molecular complexity index is 357. The highest BCUT2D eigenvalue weighted by Gasteiger charge is 2.25. The summed E-state index contributed by atoms with van der Waals surface area (Å²) in [6.45, 7) is 2.20. The van der Waals surface area contributed by atoms with Crippen molar-refractivity contribution >= 4 is 11.8 Å². The van der Waals surface area contributed by atoms with E-state index in [1.165, 1.54) is 11.3 Å². The van der Waals surface area contributed by atoms with Gasteiger partial charge in [-0.25, -0.2) is 0 Å².